The summed E-state index contributed by atoms with van der Waals surface area (Å²) >= 11 is 0. The minimum atomic E-state index is 0.142. The summed E-state index contributed by atoms with van der Waals surface area (Å²) in [7, 11) is 2.20. The van der Waals surface area contributed by atoms with Crippen molar-refractivity contribution in [3.8, 4) is 0 Å². The normalized spacial score (nSPS) is 26.9. The summed E-state index contributed by atoms with van der Waals surface area (Å²) in [6.45, 7) is 4.59. The van der Waals surface area contributed by atoms with Gasteiger partial charge in [-0.3, -0.25) is 4.79 Å². The molecule has 1 saturated heterocycles. The standard InChI is InChI=1S/C16H29N3O/c1-18-9-10-19(15(20)12-17-11-14-5-6-14)16(13-18)7-3-2-4-8-16/h14,17H,2-13H2,1H3. The summed E-state index contributed by atoms with van der Waals surface area (Å²) in [5.74, 6) is 1.18. The van der Waals surface area contributed by atoms with Gasteiger partial charge in [0.15, 0.2) is 0 Å². The number of carbonyl (C=O) groups is 1. The lowest BCUT2D eigenvalue weighted by Gasteiger charge is -2.52. The minimum Gasteiger partial charge on any atom is -0.333 e. The van der Waals surface area contributed by atoms with Gasteiger partial charge in [0.2, 0.25) is 5.91 Å². The summed E-state index contributed by atoms with van der Waals surface area (Å²) in [4.78, 5) is 17.3. The maximum Gasteiger partial charge on any atom is 0.237 e. The molecule has 0 radical (unpaired) electrons. The average molecular weight is 279 g/mol. The lowest BCUT2D eigenvalue weighted by molar-refractivity contribution is -0.143. The smallest absolute Gasteiger partial charge is 0.237 e. The van der Waals surface area contributed by atoms with Crippen LogP contribution in [0.2, 0.25) is 0 Å². The number of rotatable bonds is 4. The third-order valence-corrected chi connectivity index (χ3v) is 5.33. The minimum absolute atomic E-state index is 0.142. The maximum atomic E-state index is 12.6. The second-order valence-electron chi connectivity index (χ2n) is 7.14. The Morgan fingerprint density at radius 2 is 1.95 bits per heavy atom. The van der Waals surface area contributed by atoms with Crippen molar-refractivity contribution in [3.63, 3.8) is 0 Å². The van der Waals surface area contributed by atoms with Gasteiger partial charge in [0.1, 0.15) is 0 Å². The Morgan fingerprint density at radius 1 is 1.20 bits per heavy atom. The number of likely N-dealkylation sites (N-methyl/N-ethyl adjacent to an activating group) is 1. The molecule has 114 valence electrons. The topological polar surface area (TPSA) is 35.6 Å². The fourth-order valence-electron chi connectivity index (χ4n) is 4.00. The van der Waals surface area contributed by atoms with E-state index in [4.69, 9.17) is 0 Å². The van der Waals surface area contributed by atoms with Crippen LogP contribution in [-0.2, 0) is 4.79 Å². The highest BCUT2D eigenvalue weighted by Gasteiger charge is 2.43. The van der Waals surface area contributed by atoms with Gasteiger partial charge in [-0.2, -0.15) is 0 Å². The molecule has 1 spiro atoms. The highest BCUT2D eigenvalue weighted by molar-refractivity contribution is 5.79. The second kappa shape index (κ2) is 6.02. The Labute approximate surface area is 122 Å². The van der Waals surface area contributed by atoms with Crippen LogP contribution < -0.4 is 5.32 Å². The van der Waals surface area contributed by atoms with Gasteiger partial charge in [-0.05, 0) is 45.2 Å². The van der Waals surface area contributed by atoms with Crippen LogP contribution in [-0.4, -0.2) is 61.0 Å². The first-order valence-electron chi connectivity index (χ1n) is 8.39. The van der Waals surface area contributed by atoms with Crippen LogP contribution in [0.1, 0.15) is 44.9 Å². The molecule has 3 fully saturated rings. The molecule has 0 bridgehead atoms. The molecule has 0 aromatic heterocycles. The van der Waals surface area contributed by atoms with Gasteiger partial charge >= 0.3 is 0 Å². The molecule has 1 N–H and O–H groups in total. The van der Waals surface area contributed by atoms with Crippen LogP contribution in [0.3, 0.4) is 0 Å². The van der Waals surface area contributed by atoms with Gasteiger partial charge in [-0.1, -0.05) is 19.3 Å². The van der Waals surface area contributed by atoms with Crippen LogP contribution >= 0.6 is 0 Å². The van der Waals surface area contributed by atoms with E-state index in [1.807, 2.05) is 0 Å². The fourth-order valence-corrected chi connectivity index (χ4v) is 4.00. The van der Waals surface area contributed by atoms with E-state index in [1.54, 1.807) is 0 Å². The predicted molar refractivity (Wildman–Crippen MR) is 80.6 cm³/mol. The molecule has 0 atom stereocenters. The van der Waals surface area contributed by atoms with E-state index in [-0.39, 0.29) is 5.54 Å². The van der Waals surface area contributed by atoms with Gasteiger partial charge in [0, 0.05) is 19.6 Å². The van der Waals surface area contributed by atoms with Crippen molar-refractivity contribution in [3.05, 3.63) is 0 Å². The molecule has 4 nitrogen and oxygen atoms in total. The molecule has 1 heterocycles. The van der Waals surface area contributed by atoms with E-state index >= 15 is 0 Å². The monoisotopic (exact) mass is 279 g/mol. The molecule has 4 heteroatoms. The SMILES string of the molecule is CN1CCN(C(=O)CNCC2CC2)C2(CCCCC2)C1. The molecule has 1 aliphatic heterocycles. The van der Waals surface area contributed by atoms with Crippen LogP contribution in [0.25, 0.3) is 0 Å². The third-order valence-electron chi connectivity index (χ3n) is 5.33. The van der Waals surface area contributed by atoms with E-state index in [9.17, 15) is 4.79 Å². The van der Waals surface area contributed by atoms with Gasteiger partial charge in [0.05, 0.1) is 12.1 Å². The highest BCUT2D eigenvalue weighted by atomic mass is 16.2. The number of piperazine rings is 1. The van der Waals surface area contributed by atoms with Crippen molar-refractivity contribution >= 4 is 5.91 Å². The van der Waals surface area contributed by atoms with Gasteiger partial charge in [-0.25, -0.2) is 0 Å². The Bertz CT molecular complexity index is 348. The summed E-state index contributed by atoms with van der Waals surface area (Å²) < 4.78 is 0. The molecular weight excluding hydrogens is 250 g/mol. The lowest BCUT2D eigenvalue weighted by atomic mass is 9.78. The largest absolute Gasteiger partial charge is 0.333 e. The maximum absolute atomic E-state index is 12.6. The zero-order chi connectivity index (χ0) is 14.0. The first-order valence-corrected chi connectivity index (χ1v) is 8.39. The predicted octanol–water partition coefficient (Wildman–Crippen LogP) is 1.46. The Balaban J connectivity index is 1.60. The highest BCUT2D eigenvalue weighted by Crippen LogP contribution is 2.36. The van der Waals surface area contributed by atoms with Crippen molar-refractivity contribution in [1.82, 2.24) is 15.1 Å². The number of hydrogen-bond acceptors (Lipinski definition) is 3. The zero-order valence-corrected chi connectivity index (χ0v) is 12.9. The van der Waals surface area contributed by atoms with Gasteiger partial charge < -0.3 is 15.1 Å². The first kappa shape index (κ1) is 14.3. The number of nitrogens with one attached hydrogen (secondary N) is 1. The van der Waals surface area contributed by atoms with Gasteiger partial charge in [0.25, 0.3) is 0 Å². The zero-order valence-electron chi connectivity index (χ0n) is 12.9. The Kier molecular flexibility index (Phi) is 4.32. The second-order valence-corrected chi connectivity index (χ2v) is 7.14. The van der Waals surface area contributed by atoms with E-state index in [0.717, 1.165) is 32.1 Å². The molecule has 0 aromatic carbocycles. The van der Waals surface area contributed by atoms with E-state index in [0.29, 0.717) is 12.5 Å². The molecule has 0 unspecified atom stereocenters. The summed E-state index contributed by atoms with van der Waals surface area (Å²) in [5, 5.41) is 3.37. The summed E-state index contributed by atoms with van der Waals surface area (Å²) in [6, 6.07) is 0. The van der Waals surface area contributed by atoms with Crippen molar-refractivity contribution in [2.75, 3.05) is 39.8 Å². The first-order chi connectivity index (χ1) is 9.70. The van der Waals surface area contributed by atoms with Gasteiger partial charge in [-0.15, -0.1) is 0 Å². The molecular formula is C16H29N3O. The molecule has 1 amide bonds. The summed E-state index contributed by atoms with van der Waals surface area (Å²) in [6.07, 6.45) is 9.00. The lowest BCUT2D eigenvalue weighted by Crippen LogP contribution is -2.64. The van der Waals surface area contributed by atoms with Crippen molar-refractivity contribution in [1.29, 1.82) is 0 Å². The molecule has 2 aliphatic carbocycles. The Morgan fingerprint density at radius 3 is 2.65 bits per heavy atom. The van der Waals surface area contributed by atoms with E-state index < -0.39 is 0 Å². The molecule has 20 heavy (non-hydrogen) atoms. The molecule has 0 aromatic rings. The van der Waals surface area contributed by atoms with Crippen LogP contribution in [0.15, 0.2) is 0 Å². The van der Waals surface area contributed by atoms with Crippen molar-refractivity contribution in [2.24, 2.45) is 5.92 Å². The number of nitrogens with zero attached hydrogens (tertiary/aromatic N) is 2. The van der Waals surface area contributed by atoms with Crippen LogP contribution in [0.4, 0.5) is 0 Å². The van der Waals surface area contributed by atoms with E-state index in [2.05, 4.69) is 22.2 Å². The fraction of sp³-hybridized carbons (Fsp3) is 0.938. The van der Waals surface area contributed by atoms with E-state index in [1.165, 1.54) is 44.9 Å². The summed E-state index contributed by atoms with van der Waals surface area (Å²) in [5.41, 5.74) is 0.142. The number of amides is 1. The molecule has 3 rings (SSSR count). The third kappa shape index (κ3) is 3.17. The number of hydrogen-bond donors (Lipinski definition) is 1. The molecule has 3 aliphatic rings. The van der Waals surface area contributed by atoms with Crippen molar-refractivity contribution < 1.29 is 4.79 Å². The Hall–Kier alpha value is -0.610. The van der Waals surface area contributed by atoms with Crippen LogP contribution in [0, 0.1) is 5.92 Å². The van der Waals surface area contributed by atoms with Crippen LogP contribution in [0.5, 0.6) is 0 Å². The average Bonchev–Trinajstić information content (AvgIpc) is 3.23. The van der Waals surface area contributed by atoms with Crippen molar-refractivity contribution in [2.45, 2.75) is 50.5 Å². The quantitative estimate of drug-likeness (QED) is 0.846. The molecule has 2 saturated carbocycles. The number of carbonyl (C=O) groups excluding carboxylic acids is 1.